The molecule has 0 radical (unpaired) electrons. The summed E-state index contributed by atoms with van der Waals surface area (Å²) in [6.07, 6.45) is 16.0. The molecule has 0 aliphatic carbocycles. The molecule has 168 valence electrons. The van der Waals surface area contributed by atoms with Crippen LogP contribution in [0.25, 0.3) is 0 Å². The maximum absolute atomic E-state index is 12.3. The molecule has 0 aromatic carbocycles. The summed E-state index contributed by atoms with van der Waals surface area (Å²) in [5, 5.41) is 4.20. The maximum atomic E-state index is 12.3. The minimum atomic E-state index is -0.0294. The predicted molar refractivity (Wildman–Crippen MR) is 123 cm³/mol. The molecule has 0 heterocycles. The van der Waals surface area contributed by atoms with Crippen molar-refractivity contribution in [1.29, 1.82) is 0 Å². The lowest BCUT2D eigenvalue weighted by Crippen LogP contribution is -2.41. The van der Waals surface area contributed by atoms with E-state index in [4.69, 9.17) is 9.47 Å². The van der Waals surface area contributed by atoms with Crippen LogP contribution in [0, 0.1) is 0 Å². The lowest BCUT2D eigenvalue weighted by atomic mass is 10.1. The molecule has 0 aliphatic rings. The van der Waals surface area contributed by atoms with Gasteiger partial charge < -0.3 is 14.8 Å². The van der Waals surface area contributed by atoms with Gasteiger partial charge in [-0.05, 0) is 25.7 Å². The van der Waals surface area contributed by atoms with Crippen molar-refractivity contribution in [2.24, 2.45) is 0 Å². The van der Waals surface area contributed by atoms with E-state index in [0.717, 1.165) is 44.2 Å². The number of halogens is 1. The third-order valence-corrected chi connectivity index (χ3v) is 5.39. The zero-order valence-corrected chi connectivity index (χ0v) is 20.2. The Labute approximate surface area is 183 Å². The monoisotopic (exact) mass is 463 g/mol. The number of alkyl halides is 1. The van der Waals surface area contributed by atoms with Crippen molar-refractivity contribution in [3.8, 4) is 0 Å². The lowest BCUT2D eigenvalue weighted by Gasteiger charge is -2.19. The van der Waals surface area contributed by atoms with Gasteiger partial charge in [-0.1, -0.05) is 87.6 Å². The zero-order valence-electron chi connectivity index (χ0n) is 18.6. The molecule has 0 aromatic heterocycles. The Balaban J connectivity index is 3.99. The summed E-state index contributed by atoms with van der Waals surface area (Å²) in [6, 6.07) is -0.0294. The van der Waals surface area contributed by atoms with Crippen LogP contribution in [0.5, 0.6) is 0 Å². The second-order valence-corrected chi connectivity index (χ2v) is 8.54. The van der Waals surface area contributed by atoms with Gasteiger partial charge in [-0.2, -0.15) is 0 Å². The first kappa shape index (κ1) is 27.9. The molecule has 0 saturated heterocycles. The Morgan fingerprint density at radius 3 is 1.79 bits per heavy atom. The van der Waals surface area contributed by atoms with Crippen molar-refractivity contribution in [2.75, 3.05) is 31.8 Å². The normalized spacial score (nSPS) is 11.3. The second kappa shape index (κ2) is 23.2. The predicted octanol–water partition coefficient (Wildman–Crippen LogP) is 6.40. The van der Waals surface area contributed by atoms with E-state index >= 15 is 0 Å². The fourth-order valence-electron chi connectivity index (χ4n) is 3.05. The molecule has 0 spiro atoms. The summed E-state index contributed by atoms with van der Waals surface area (Å²) in [5.74, 6) is 0.134. The molecule has 5 heteroatoms. The maximum Gasteiger partial charge on any atom is 0.220 e. The minimum absolute atomic E-state index is 0.0294. The summed E-state index contributed by atoms with van der Waals surface area (Å²) >= 11 is 3.46. The first-order valence-corrected chi connectivity index (χ1v) is 12.9. The van der Waals surface area contributed by atoms with Gasteiger partial charge in [-0.3, -0.25) is 4.79 Å². The van der Waals surface area contributed by atoms with E-state index in [-0.39, 0.29) is 11.9 Å². The smallest absolute Gasteiger partial charge is 0.220 e. The van der Waals surface area contributed by atoms with Crippen LogP contribution in [0.15, 0.2) is 0 Å². The van der Waals surface area contributed by atoms with E-state index in [0.29, 0.717) is 19.6 Å². The van der Waals surface area contributed by atoms with Crippen molar-refractivity contribution >= 4 is 21.8 Å². The van der Waals surface area contributed by atoms with Gasteiger partial charge in [0.15, 0.2) is 0 Å². The second-order valence-electron chi connectivity index (χ2n) is 7.74. The number of carbonyl (C=O) groups is 1. The van der Waals surface area contributed by atoms with Gasteiger partial charge in [0, 0.05) is 25.0 Å². The summed E-state index contributed by atoms with van der Waals surface area (Å²) < 4.78 is 11.6. The average Bonchev–Trinajstić information content (AvgIpc) is 2.69. The Morgan fingerprint density at radius 1 is 0.750 bits per heavy atom. The van der Waals surface area contributed by atoms with E-state index in [1.54, 1.807) is 0 Å². The third-order valence-electron chi connectivity index (χ3n) is 4.83. The van der Waals surface area contributed by atoms with Crippen LogP contribution in [-0.2, 0) is 14.3 Å². The molecule has 0 saturated carbocycles. The fraction of sp³-hybridized carbons (Fsp3) is 0.957. The SMILES string of the molecule is CCCCCCOCC(COCCCCCC)NC(=O)CCCCCCCBr. The van der Waals surface area contributed by atoms with Crippen LogP contribution in [0.4, 0.5) is 0 Å². The largest absolute Gasteiger partial charge is 0.379 e. The van der Waals surface area contributed by atoms with Crippen LogP contribution >= 0.6 is 15.9 Å². The van der Waals surface area contributed by atoms with Crippen LogP contribution in [0.1, 0.15) is 104 Å². The molecular formula is C23H46BrNO3. The van der Waals surface area contributed by atoms with E-state index in [1.165, 1.54) is 57.8 Å². The first-order valence-electron chi connectivity index (χ1n) is 11.7. The number of hydrogen-bond donors (Lipinski definition) is 1. The van der Waals surface area contributed by atoms with Crippen molar-refractivity contribution in [3.63, 3.8) is 0 Å². The Morgan fingerprint density at radius 2 is 1.25 bits per heavy atom. The molecule has 4 nitrogen and oxygen atoms in total. The Hall–Kier alpha value is -0.130. The van der Waals surface area contributed by atoms with Crippen molar-refractivity contribution in [3.05, 3.63) is 0 Å². The van der Waals surface area contributed by atoms with Crippen LogP contribution in [-0.4, -0.2) is 43.7 Å². The highest BCUT2D eigenvalue weighted by Crippen LogP contribution is 2.07. The molecule has 28 heavy (non-hydrogen) atoms. The van der Waals surface area contributed by atoms with E-state index in [1.807, 2.05) is 0 Å². The van der Waals surface area contributed by atoms with E-state index in [9.17, 15) is 4.79 Å². The van der Waals surface area contributed by atoms with Gasteiger partial charge in [0.1, 0.15) is 0 Å². The number of hydrogen-bond acceptors (Lipinski definition) is 3. The van der Waals surface area contributed by atoms with Gasteiger partial charge >= 0.3 is 0 Å². The molecule has 0 atom stereocenters. The molecule has 0 fully saturated rings. The number of rotatable bonds is 22. The topological polar surface area (TPSA) is 47.6 Å². The summed E-state index contributed by atoms with van der Waals surface area (Å²) in [4.78, 5) is 12.3. The number of unbranched alkanes of at least 4 members (excludes halogenated alkanes) is 10. The van der Waals surface area contributed by atoms with Crippen molar-refractivity contribution in [1.82, 2.24) is 5.32 Å². The molecule has 1 N–H and O–H groups in total. The van der Waals surface area contributed by atoms with Gasteiger partial charge in [0.25, 0.3) is 0 Å². The molecule has 0 aromatic rings. The number of ether oxygens (including phenoxy) is 2. The van der Waals surface area contributed by atoms with Crippen LogP contribution in [0.3, 0.4) is 0 Å². The Kier molecular flexibility index (Phi) is 23.0. The van der Waals surface area contributed by atoms with Crippen molar-refractivity contribution < 1.29 is 14.3 Å². The molecule has 0 bridgehead atoms. The highest BCUT2D eigenvalue weighted by atomic mass is 79.9. The first-order chi connectivity index (χ1) is 13.7. The summed E-state index contributed by atoms with van der Waals surface area (Å²) in [7, 11) is 0. The van der Waals surface area contributed by atoms with Gasteiger partial charge in [-0.25, -0.2) is 0 Å². The molecule has 0 aliphatic heterocycles. The minimum Gasteiger partial charge on any atom is -0.379 e. The summed E-state index contributed by atoms with van der Waals surface area (Å²) in [5.41, 5.74) is 0. The highest BCUT2D eigenvalue weighted by Gasteiger charge is 2.13. The highest BCUT2D eigenvalue weighted by molar-refractivity contribution is 9.09. The lowest BCUT2D eigenvalue weighted by molar-refractivity contribution is -0.123. The molecular weight excluding hydrogens is 418 g/mol. The third kappa shape index (κ3) is 20.6. The summed E-state index contributed by atoms with van der Waals surface area (Å²) in [6.45, 7) is 7.08. The van der Waals surface area contributed by atoms with Gasteiger partial charge in [0.2, 0.25) is 5.91 Å². The quantitative estimate of drug-likeness (QED) is 0.149. The number of carbonyl (C=O) groups excluding carboxylic acids is 1. The number of nitrogens with one attached hydrogen (secondary N) is 1. The van der Waals surface area contributed by atoms with E-state index < -0.39 is 0 Å². The molecule has 1 amide bonds. The molecule has 0 rings (SSSR count). The van der Waals surface area contributed by atoms with Gasteiger partial charge in [0.05, 0.1) is 19.3 Å². The standard InChI is InChI=1S/C23H46BrNO3/c1-3-5-7-14-18-27-20-22(21-28-19-15-8-6-4-2)25-23(26)16-12-10-9-11-13-17-24/h22H,3-21H2,1-2H3,(H,25,26). The Bertz CT molecular complexity index is 313. The number of amides is 1. The van der Waals surface area contributed by atoms with Crippen LogP contribution < -0.4 is 5.32 Å². The zero-order chi connectivity index (χ0) is 20.7. The van der Waals surface area contributed by atoms with Gasteiger partial charge in [-0.15, -0.1) is 0 Å². The van der Waals surface area contributed by atoms with Crippen LogP contribution in [0.2, 0.25) is 0 Å². The molecule has 0 unspecified atom stereocenters. The van der Waals surface area contributed by atoms with E-state index in [2.05, 4.69) is 35.1 Å². The average molecular weight is 465 g/mol. The fourth-order valence-corrected chi connectivity index (χ4v) is 3.45. The van der Waals surface area contributed by atoms with Crippen molar-refractivity contribution in [2.45, 2.75) is 110 Å².